The first-order valence-electron chi connectivity index (χ1n) is 12.4. The molecule has 0 aromatic heterocycles. The second-order valence-corrected chi connectivity index (χ2v) is 10.1. The van der Waals surface area contributed by atoms with E-state index in [1.807, 2.05) is 0 Å². The van der Waals surface area contributed by atoms with E-state index in [2.05, 4.69) is 0 Å². The first-order valence-corrected chi connectivity index (χ1v) is 12.4. The number of ether oxygens (including phenoxy) is 5. The molecule has 0 amide bonds. The van der Waals surface area contributed by atoms with Crippen LogP contribution in [0.3, 0.4) is 0 Å². The Bertz CT molecular complexity index is 1160. The van der Waals surface area contributed by atoms with Gasteiger partial charge in [0.15, 0.2) is 17.8 Å². The Morgan fingerprint density at radius 2 is 1.88 bits per heavy atom. The predicted octanol–water partition coefficient (Wildman–Crippen LogP) is -1.15. The third-order valence-corrected chi connectivity index (χ3v) is 7.35. The van der Waals surface area contributed by atoms with Crippen molar-refractivity contribution in [3.63, 3.8) is 0 Å². The molecule has 0 spiro atoms. The molecule has 7 N–H and O–H groups in total. The molecule has 1 saturated heterocycles. The summed E-state index contributed by atoms with van der Waals surface area (Å²) in [6, 6.07) is 4.40. The van der Waals surface area contributed by atoms with Crippen molar-refractivity contribution in [1.82, 2.24) is 0 Å². The summed E-state index contributed by atoms with van der Waals surface area (Å²) in [4.78, 5) is 24.7. The minimum atomic E-state index is -1.77. The van der Waals surface area contributed by atoms with Crippen molar-refractivity contribution in [3.05, 3.63) is 41.7 Å². The number of aromatic hydroxyl groups is 1. The highest BCUT2D eigenvalue weighted by Gasteiger charge is 2.61. The van der Waals surface area contributed by atoms with E-state index in [4.69, 9.17) is 23.7 Å². The van der Waals surface area contributed by atoms with E-state index in [9.17, 15) is 45.3 Å². The average Bonchev–Trinajstić information content (AvgIpc) is 3.18. The van der Waals surface area contributed by atoms with E-state index < -0.39 is 79.1 Å². The lowest BCUT2D eigenvalue weighted by molar-refractivity contribution is -0.346. The van der Waals surface area contributed by atoms with Gasteiger partial charge < -0.3 is 59.4 Å². The summed E-state index contributed by atoms with van der Waals surface area (Å²) < 4.78 is 27.1. The average molecular weight is 569 g/mol. The highest BCUT2D eigenvalue weighted by molar-refractivity contribution is 5.89. The number of phenolic OH excluding ortho intramolecular Hbond substituents is 1. The number of benzene rings is 1. The molecule has 2 fully saturated rings. The van der Waals surface area contributed by atoms with E-state index in [1.54, 1.807) is 0 Å². The molecule has 220 valence electrons. The van der Waals surface area contributed by atoms with E-state index in [1.165, 1.54) is 38.3 Å². The van der Waals surface area contributed by atoms with Gasteiger partial charge in [-0.15, -0.1) is 0 Å². The lowest BCUT2D eigenvalue weighted by Gasteiger charge is -2.44. The summed E-state index contributed by atoms with van der Waals surface area (Å²) in [7, 11) is 1.37. The SMILES string of the molecule is COc1cc(C=CC(=O)O[C@@H]2C[C@](C)(O)[C@H]3[C@H](O[C@@H]4O[C@H](CO)[C@@H](O)[C@H](O)[C@H]4O)OC=C(C(=O)O)[C@H]32)ccc1O. The van der Waals surface area contributed by atoms with Crippen molar-refractivity contribution < 1.29 is 69.0 Å². The topological polar surface area (TPSA) is 222 Å². The highest BCUT2D eigenvalue weighted by Crippen LogP contribution is 2.50. The lowest BCUT2D eigenvalue weighted by atomic mass is 9.80. The summed E-state index contributed by atoms with van der Waals surface area (Å²) in [6.45, 7) is 0.681. The quantitative estimate of drug-likeness (QED) is 0.145. The van der Waals surface area contributed by atoms with Crippen molar-refractivity contribution in [2.75, 3.05) is 13.7 Å². The molecule has 1 aromatic rings. The van der Waals surface area contributed by atoms with Crippen molar-refractivity contribution in [2.24, 2.45) is 11.8 Å². The van der Waals surface area contributed by atoms with Gasteiger partial charge >= 0.3 is 11.9 Å². The number of aliphatic carboxylic acids is 1. The Labute approximate surface area is 228 Å². The maximum atomic E-state index is 12.7. The van der Waals surface area contributed by atoms with E-state index in [0.717, 1.165) is 12.3 Å². The normalized spacial score (nSPS) is 37.4. The predicted molar refractivity (Wildman–Crippen MR) is 131 cm³/mol. The van der Waals surface area contributed by atoms with Gasteiger partial charge in [0.1, 0.15) is 30.5 Å². The molecule has 0 bridgehead atoms. The Balaban J connectivity index is 1.54. The number of phenols is 1. The van der Waals surface area contributed by atoms with Crippen LogP contribution in [0.2, 0.25) is 0 Å². The molecule has 1 aromatic carbocycles. The van der Waals surface area contributed by atoms with E-state index >= 15 is 0 Å². The number of rotatable bonds is 8. The molecule has 10 atom stereocenters. The van der Waals surface area contributed by atoms with Crippen molar-refractivity contribution >= 4 is 18.0 Å². The fourth-order valence-electron chi connectivity index (χ4n) is 5.34. The van der Waals surface area contributed by atoms with Crippen molar-refractivity contribution in [2.45, 2.75) is 62.0 Å². The third kappa shape index (κ3) is 5.78. The molecular weight excluding hydrogens is 536 g/mol. The first kappa shape index (κ1) is 29.7. The number of carbonyl (C=O) groups is 2. The number of aliphatic hydroxyl groups is 5. The molecule has 0 radical (unpaired) electrons. The van der Waals surface area contributed by atoms with Gasteiger partial charge in [-0.2, -0.15) is 0 Å². The summed E-state index contributed by atoms with van der Waals surface area (Å²) >= 11 is 0. The van der Waals surface area contributed by atoms with Gasteiger partial charge in [-0.3, -0.25) is 0 Å². The van der Waals surface area contributed by atoms with Crippen LogP contribution in [0.15, 0.2) is 36.1 Å². The molecule has 3 aliphatic rings. The van der Waals surface area contributed by atoms with Crippen LogP contribution in [-0.4, -0.2) is 110 Å². The smallest absolute Gasteiger partial charge is 0.335 e. The molecule has 1 saturated carbocycles. The van der Waals surface area contributed by atoms with Crippen LogP contribution in [0.4, 0.5) is 0 Å². The van der Waals surface area contributed by atoms with Crippen LogP contribution >= 0.6 is 0 Å². The van der Waals surface area contributed by atoms with Gasteiger partial charge in [-0.05, 0) is 30.7 Å². The number of aliphatic hydroxyl groups excluding tert-OH is 4. The molecule has 2 heterocycles. The zero-order valence-electron chi connectivity index (χ0n) is 21.6. The van der Waals surface area contributed by atoms with Crippen molar-refractivity contribution in [3.8, 4) is 11.5 Å². The van der Waals surface area contributed by atoms with Gasteiger partial charge in [0.2, 0.25) is 6.29 Å². The second kappa shape index (κ2) is 11.7. The number of carboxylic acid groups (broad SMARTS) is 1. The first-order chi connectivity index (χ1) is 18.9. The van der Waals surface area contributed by atoms with Crippen LogP contribution in [0.5, 0.6) is 11.5 Å². The van der Waals surface area contributed by atoms with Crippen LogP contribution in [0, 0.1) is 11.8 Å². The van der Waals surface area contributed by atoms with Crippen LogP contribution in [0.1, 0.15) is 18.9 Å². The monoisotopic (exact) mass is 568 g/mol. The largest absolute Gasteiger partial charge is 0.504 e. The maximum Gasteiger partial charge on any atom is 0.335 e. The van der Waals surface area contributed by atoms with E-state index in [0.29, 0.717) is 5.56 Å². The second-order valence-electron chi connectivity index (χ2n) is 10.1. The zero-order chi connectivity index (χ0) is 29.4. The molecule has 2 aliphatic heterocycles. The fourth-order valence-corrected chi connectivity index (χ4v) is 5.34. The summed E-state index contributed by atoms with van der Waals surface area (Å²) in [5, 5.41) is 70.7. The van der Waals surface area contributed by atoms with Gasteiger partial charge in [0.25, 0.3) is 0 Å². The van der Waals surface area contributed by atoms with Crippen LogP contribution in [-0.2, 0) is 28.5 Å². The summed E-state index contributed by atoms with van der Waals surface area (Å²) in [5.41, 5.74) is -1.48. The highest BCUT2D eigenvalue weighted by atomic mass is 16.8. The third-order valence-electron chi connectivity index (χ3n) is 7.35. The summed E-state index contributed by atoms with van der Waals surface area (Å²) in [5.74, 6) is -4.37. The Morgan fingerprint density at radius 3 is 2.52 bits per heavy atom. The zero-order valence-corrected chi connectivity index (χ0v) is 21.6. The van der Waals surface area contributed by atoms with Gasteiger partial charge in [-0.1, -0.05) is 6.07 Å². The number of hydrogen-bond acceptors (Lipinski definition) is 13. The molecule has 4 rings (SSSR count). The molecular formula is C26H32O14. The van der Waals surface area contributed by atoms with Gasteiger partial charge in [0, 0.05) is 18.4 Å². The molecule has 14 heteroatoms. The van der Waals surface area contributed by atoms with E-state index in [-0.39, 0.29) is 23.5 Å². The number of carboxylic acids is 1. The number of carbonyl (C=O) groups excluding carboxylic acids is 1. The Hall–Kier alpha value is -3.24. The number of methoxy groups -OCH3 is 1. The number of fused-ring (bicyclic) bond motifs is 1. The minimum Gasteiger partial charge on any atom is -0.504 e. The van der Waals surface area contributed by atoms with Gasteiger partial charge in [0.05, 0.1) is 37.1 Å². The minimum absolute atomic E-state index is 0.0885. The molecule has 40 heavy (non-hydrogen) atoms. The molecule has 1 aliphatic carbocycles. The maximum absolute atomic E-state index is 12.7. The lowest BCUT2D eigenvalue weighted by Crippen LogP contribution is -2.60. The van der Waals surface area contributed by atoms with Crippen LogP contribution < -0.4 is 4.74 Å². The fraction of sp³-hybridized carbons (Fsp3) is 0.538. The molecule has 14 nitrogen and oxygen atoms in total. The van der Waals surface area contributed by atoms with Crippen molar-refractivity contribution in [1.29, 1.82) is 0 Å². The number of hydrogen-bond donors (Lipinski definition) is 7. The van der Waals surface area contributed by atoms with Gasteiger partial charge in [-0.25, -0.2) is 9.59 Å². The number of esters is 1. The Morgan fingerprint density at radius 1 is 1.15 bits per heavy atom. The molecule has 0 unspecified atom stereocenters. The van der Waals surface area contributed by atoms with Crippen LogP contribution in [0.25, 0.3) is 6.08 Å². The standard InChI is InChI=1S/C26H32O14/c1-26(35)8-15(38-17(29)6-4-11-3-5-13(28)14(7-11)36-2)18-12(23(33)34)10-37-24(19(18)26)40-25-22(32)21(31)20(30)16(9-27)39-25/h3-7,10,15-16,18-22,24-25,27-28,30-32,35H,8-9H2,1-2H3,(H,33,34)/t15-,16-,18+,19-,20-,21+,22-,24+,25+,26+/m1/s1. The Kier molecular flexibility index (Phi) is 8.70. The summed E-state index contributed by atoms with van der Waals surface area (Å²) in [6.07, 6.45) is -7.41.